The molecule has 2 N–H and O–H groups in total. The summed E-state index contributed by atoms with van der Waals surface area (Å²) in [4.78, 5) is 2.37. The average Bonchev–Trinajstić information content (AvgIpc) is 3.19. The van der Waals surface area contributed by atoms with E-state index in [1.165, 1.54) is 12.8 Å². The molecule has 2 rings (SSSR count). The van der Waals surface area contributed by atoms with Gasteiger partial charge in [0.1, 0.15) is 6.07 Å². The molecule has 1 aliphatic carbocycles. The largest absolute Gasteiger partial charge is 0.367 e. The van der Waals surface area contributed by atoms with Crippen LogP contribution in [0.15, 0.2) is 18.2 Å². The fourth-order valence-corrected chi connectivity index (χ4v) is 2.18. The highest BCUT2D eigenvalue weighted by molar-refractivity contribution is 5.61. The second kappa shape index (κ2) is 5.20. The Balaban J connectivity index is 2.32. The molecule has 1 aromatic carbocycles. The summed E-state index contributed by atoms with van der Waals surface area (Å²) < 4.78 is 0. The summed E-state index contributed by atoms with van der Waals surface area (Å²) in [5, 5.41) is 9.24. The minimum Gasteiger partial charge on any atom is -0.367 e. The first-order valence-electron chi connectivity index (χ1n) is 6.30. The summed E-state index contributed by atoms with van der Waals surface area (Å²) in [7, 11) is 0. The lowest BCUT2D eigenvalue weighted by molar-refractivity contribution is 0.761. The highest BCUT2D eigenvalue weighted by Crippen LogP contribution is 2.33. The van der Waals surface area contributed by atoms with E-state index >= 15 is 0 Å². The Morgan fingerprint density at radius 2 is 2.24 bits per heavy atom. The van der Waals surface area contributed by atoms with Crippen molar-refractivity contribution in [1.29, 1.82) is 5.26 Å². The third-order valence-electron chi connectivity index (χ3n) is 3.18. The quantitative estimate of drug-likeness (QED) is 0.843. The maximum Gasteiger partial charge on any atom is 0.101 e. The molecular weight excluding hydrogens is 210 g/mol. The molecule has 0 bridgehead atoms. The molecular formula is C14H19N3. The number of hydrogen-bond acceptors (Lipinski definition) is 3. The first-order chi connectivity index (χ1) is 8.30. The van der Waals surface area contributed by atoms with Crippen LogP contribution in [0.3, 0.4) is 0 Å². The van der Waals surface area contributed by atoms with Gasteiger partial charge in [0.25, 0.3) is 0 Å². The molecule has 1 aromatic rings. The molecule has 0 radical (unpaired) electrons. The molecule has 0 amide bonds. The predicted octanol–water partition coefficient (Wildman–Crippen LogP) is 2.40. The summed E-state index contributed by atoms with van der Waals surface area (Å²) in [5.74, 6) is 0. The van der Waals surface area contributed by atoms with Gasteiger partial charge < -0.3 is 10.6 Å². The number of rotatable bonds is 5. The molecule has 1 aliphatic rings. The number of hydrogen-bond donors (Lipinski definition) is 1. The van der Waals surface area contributed by atoms with Gasteiger partial charge in [0, 0.05) is 19.1 Å². The van der Waals surface area contributed by atoms with Gasteiger partial charge in [-0.25, -0.2) is 0 Å². The summed E-state index contributed by atoms with van der Waals surface area (Å²) in [6.45, 7) is 3.70. The molecule has 3 heteroatoms. The van der Waals surface area contributed by atoms with Gasteiger partial charge in [0.05, 0.1) is 11.3 Å². The standard InChI is InChI=1S/C14H19N3/c1-2-7-17(13-4-5-13)14-6-3-11(9-15)8-12(14)10-16/h3,6,8,13H,2,4-5,7,9,15H2,1H3. The highest BCUT2D eigenvalue weighted by atomic mass is 15.2. The normalized spacial score (nSPS) is 14.4. The topological polar surface area (TPSA) is 53.0 Å². The lowest BCUT2D eigenvalue weighted by atomic mass is 10.1. The van der Waals surface area contributed by atoms with Gasteiger partial charge in [0.2, 0.25) is 0 Å². The van der Waals surface area contributed by atoms with Crippen LogP contribution in [0.5, 0.6) is 0 Å². The van der Waals surface area contributed by atoms with Crippen molar-refractivity contribution in [2.75, 3.05) is 11.4 Å². The summed E-state index contributed by atoms with van der Waals surface area (Å²) >= 11 is 0. The van der Waals surface area contributed by atoms with Gasteiger partial charge in [-0.1, -0.05) is 13.0 Å². The van der Waals surface area contributed by atoms with Crippen molar-refractivity contribution in [2.45, 2.75) is 38.8 Å². The Kier molecular flexibility index (Phi) is 3.65. The first kappa shape index (κ1) is 11.9. The Labute approximate surface area is 103 Å². The van der Waals surface area contributed by atoms with Crippen molar-refractivity contribution < 1.29 is 0 Å². The highest BCUT2D eigenvalue weighted by Gasteiger charge is 2.29. The van der Waals surface area contributed by atoms with Crippen LogP contribution in [0.1, 0.15) is 37.3 Å². The number of nitrogens with zero attached hydrogens (tertiary/aromatic N) is 2. The van der Waals surface area contributed by atoms with Crippen molar-refractivity contribution in [2.24, 2.45) is 5.73 Å². The SMILES string of the molecule is CCCN(c1ccc(CN)cc1C#N)C1CC1. The zero-order chi connectivity index (χ0) is 12.3. The van der Waals surface area contributed by atoms with Crippen molar-refractivity contribution in [3.63, 3.8) is 0 Å². The Morgan fingerprint density at radius 1 is 1.47 bits per heavy atom. The van der Waals surface area contributed by atoms with Crippen LogP contribution < -0.4 is 10.6 Å². The zero-order valence-electron chi connectivity index (χ0n) is 10.3. The van der Waals surface area contributed by atoms with Gasteiger partial charge in [-0.2, -0.15) is 5.26 Å². The number of anilines is 1. The van der Waals surface area contributed by atoms with Gasteiger partial charge in [-0.05, 0) is 37.0 Å². The Bertz CT molecular complexity index is 430. The Morgan fingerprint density at radius 3 is 2.76 bits per heavy atom. The predicted molar refractivity (Wildman–Crippen MR) is 69.7 cm³/mol. The fraction of sp³-hybridized carbons (Fsp3) is 0.500. The molecule has 0 spiro atoms. The number of nitriles is 1. The average molecular weight is 229 g/mol. The molecule has 0 aromatic heterocycles. The van der Waals surface area contributed by atoms with Crippen LogP contribution >= 0.6 is 0 Å². The van der Waals surface area contributed by atoms with Crippen LogP contribution in [0, 0.1) is 11.3 Å². The molecule has 1 fully saturated rings. The fourth-order valence-electron chi connectivity index (χ4n) is 2.18. The molecule has 0 saturated heterocycles. The third kappa shape index (κ3) is 2.59. The minimum absolute atomic E-state index is 0.492. The van der Waals surface area contributed by atoms with Crippen LogP contribution in [-0.2, 0) is 6.54 Å². The van der Waals surface area contributed by atoms with Gasteiger partial charge >= 0.3 is 0 Å². The summed E-state index contributed by atoms with van der Waals surface area (Å²) in [5.41, 5.74) is 8.47. The van der Waals surface area contributed by atoms with E-state index in [9.17, 15) is 5.26 Å². The van der Waals surface area contributed by atoms with Crippen LogP contribution in [0.4, 0.5) is 5.69 Å². The Hall–Kier alpha value is -1.53. The first-order valence-corrected chi connectivity index (χ1v) is 6.30. The van der Waals surface area contributed by atoms with E-state index < -0.39 is 0 Å². The second-order valence-corrected chi connectivity index (χ2v) is 4.59. The van der Waals surface area contributed by atoms with E-state index in [-0.39, 0.29) is 0 Å². The van der Waals surface area contributed by atoms with Crippen LogP contribution in [0.2, 0.25) is 0 Å². The lowest BCUT2D eigenvalue weighted by Gasteiger charge is -2.25. The monoisotopic (exact) mass is 229 g/mol. The van der Waals surface area contributed by atoms with Gasteiger partial charge in [-0.3, -0.25) is 0 Å². The van der Waals surface area contributed by atoms with Crippen molar-refractivity contribution in [3.05, 3.63) is 29.3 Å². The van der Waals surface area contributed by atoms with E-state index in [0.717, 1.165) is 29.8 Å². The minimum atomic E-state index is 0.492. The molecule has 0 heterocycles. The molecule has 17 heavy (non-hydrogen) atoms. The van der Waals surface area contributed by atoms with E-state index in [2.05, 4.69) is 24.0 Å². The number of benzene rings is 1. The van der Waals surface area contributed by atoms with E-state index in [1.807, 2.05) is 12.1 Å². The number of nitrogens with two attached hydrogens (primary N) is 1. The molecule has 1 saturated carbocycles. The maximum absolute atomic E-state index is 9.24. The van der Waals surface area contributed by atoms with E-state index in [4.69, 9.17) is 5.73 Å². The molecule has 0 aliphatic heterocycles. The molecule has 0 atom stereocenters. The maximum atomic E-state index is 9.24. The summed E-state index contributed by atoms with van der Waals surface area (Å²) in [6.07, 6.45) is 3.62. The van der Waals surface area contributed by atoms with E-state index in [1.54, 1.807) is 0 Å². The van der Waals surface area contributed by atoms with Crippen molar-refractivity contribution in [1.82, 2.24) is 0 Å². The second-order valence-electron chi connectivity index (χ2n) is 4.59. The smallest absolute Gasteiger partial charge is 0.101 e. The zero-order valence-corrected chi connectivity index (χ0v) is 10.3. The molecule has 0 unspecified atom stereocenters. The van der Waals surface area contributed by atoms with Gasteiger partial charge in [-0.15, -0.1) is 0 Å². The molecule has 90 valence electrons. The lowest BCUT2D eigenvalue weighted by Crippen LogP contribution is -2.27. The van der Waals surface area contributed by atoms with E-state index in [0.29, 0.717) is 12.6 Å². The van der Waals surface area contributed by atoms with Crippen molar-refractivity contribution >= 4 is 5.69 Å². The van der Waals surface area contributed by atoms with Crippen molar-refractivity contribution in [3.8, 4) is 6.07 Å². The summed E-state index contributed by atoms with van der Waals surface area (Å²) in [6, 6.07) is 8.94. The third-order valence-corrected chi connectivity index (χ3v) is 3.18. The van der Waals surface area contributed by atoms with Crippen LogP contribution in [0.25, 0.3) is 0 Å². The van der Waals surface area contributed by atoms with Crippen LogP contribution in [-0.4, -0.2) is 12.6 Å². The van der Waals surface area contributed by atoms with Gasteiger partial charge in [0.15, 0.2) is 0 Å². The molecule has 3 nitrogen and oxygen atoms in total.